The predicted octanol–water partition coefficient (Wildman–Crippen LogP) is 3.11. The second kappa shape index (κ2) is 3.83. The molecule has 0 aromatic heterocycles. The van der Waals surface area contributed by atoms with Crippen molar-refractivity contribution in [2.45, 2.75) is 13.3 Å². The largest absolute Gasteiger partial charge is 0.272 e. The lowest BCUT2D eigenvalue weighted by molar-refractivity contribution is -0.116. The fourth-order valence-electron chi connectivity index (χ4n) is 1.37. The molecule has 0 fully saturated rings. The van der Waals surface area contributed by atoms with Crippen LogP contribution in [0.2, 0.25) is 10.0 Å². The number of hydrazone groups is 1. The number of carbonyl (C=O) groups is 1. The quantitative estimate of drug-likeness (QED) is 0.745. The van der Waals surface area contributed by atoms with Crippen LogP contribution in [0.1, 0.15) is 13.3 Å². The number of rotatable bonds is 1. The SMILES string of the molecule is CC1=NN(c2ccc(Cl)c(Cl)c2)C(=O)C1. The molecule has 15 heavy (non-hydrogen) atoms. The summed E-state index contributed by atoms with van der Waals surface area (Å²) in [5.74, 6) is -0.0501. The summed E-state index contributed by atoms with van der Waals surface area (Å²) in [6, 6.07) is 4.99. The van der Waals surface area contributed by atoms with E-state index in [0.29, 0.717) is 22.2 Å². The average Bonchev–Trinajstić information content (AvgIpc) is 2.50. The van der Waals surface area contributed by atoms with Crippen LogP contribution in [0.15, 0.2) is 23.3 Å². The van der Waals surface area contributed by atoms with Gasteiger partial charge in [-0.2, -0.15) is 5.10 Å². The Morgan fingerprint density at radius 2 is 2.07 bits per heavy atom. The molecule has 0 spiro atoms. The molecule has 1 amide bonds. The summed E-state index contributed by atoms with van der Waals surface area (Å²) in [4.78, 5) is 11.5. The Kier molecular flexibility index (Phi) is 2.67. The smallest absolute Gasteiger partial charge is 0.253 e. The van der Waals surface area contributed by atoms with Crippen LogP contribution in [-0.4, -0.2) is 11.6 Å². The van der Waals surface area contributed by atoms with E-state index in [0.717, 1.165) is 5.71 Å². The fourth-order valence-corrected chi connectivity index (χ4v) is 1.67. The van der Waals surface area contributed by atoms with Crippen LogP contribution < -0.4 is 5.01 Å². The van der Waals surface area contributed by atoms with E-state index >= 15 is 0 Å². The van der Waals surface area contributed by atoms with Crippen LogP contribution in [0.3, 0.4) is 0 Å². The van der Waals surface area contributed by atoms with Gasteiger partial charge in [0.25, 0.3) is 5.91 Å². The van der Waals surface area contributed by atoms with Crippen molar-refractivity contribution in [3.63, 3.8) is 0 Å². The summed E-state index contributed by atoms with van der Waals surface area (Å²) in [7, 11) is 0. The van der Waals surface area contributed by atoms with Crippen LogP contribution in [0, 0.1) is 0 Å². The molecule has 0 saturated heterocycles. The van der Waals surface area contributed by atoms with Crippen molar-refractivity contribution in [1.29, 1.82) is 0 Å². The van der Waals surface area contributed by atoms with E-state index in [2.05, 4.69) is 5.10 Å². The highest BCUT2D eigenvalue weighted by Gasteiger charge is 2.22. The molecule has 0 saturated carbocycles. The zero-order valence-corrected chi connectivity index (χ0v) is 9.51. The Bertz CT molecular complexity index is 457. The second-order valence-corrected chi connectivity index (χ2v) is 4.13. The van der Waals surface area contributed by atoms with Crippen molar-refractivity contribution in [1.82, 2.24) is 0 Å². The Morgan fingerprint density at radius 3 is 2.60 bits per heavy atom. The van der Waals surface area contributed by atoms with E-state index in [1.807, 2.05) is 6.92 Å². The first-order valence-electron chi connectivity index (χ1n) is 4.40. The zero-order valence-electron chi connectivity index (χ0n) is 8.00. The lowest BCUT2D eigenvalue weighted by Gasteiger charge is -2.12. The summed E-state index contributed by atoms with van der Waals surface area (Å²) in [5, 5.41) is 6.34. The highest BCUT2D eigenvalue weighted by Crippen LogP contribution is 2.29. The van der Waals surface area contributed by atoms with Gasteiger partial charge in [0.1, 0.15) is 0 Å². The lowest BCUT2D eigenvalue weighted by Crippen LogP contribution is -2.19. The van der Waals surface area contributed by atoms with Crippen molar-refractivity contribution in [2.75, 3.05) is 5.01 Å². The summed E-state index contributed by atoms with van der Waals surface area (Å²) in [6.45, 7) is 1.81. The van der Waals surface area contributed by atoms with Gasteiger partial charge < -0.3 is 0 Å². The van der Waals surface area contributed by atoms with Crippen molar-refractivity contribution in [2.24, 2.45) is 5.10 Å². The van der Waals surface area contributed by atoms with E-state index in [1.54, 1.807) is 18.2 Å². The lowest BCUT2D eigenvalue weighted by atomic mass is 10.3. The minimum Gasteiger partial charge on any atom is -0.272 e. The molecule has 0 aliphatic carbocycles. The molecule has 3 nitrogen and oxygen atoms in total. The molecule has 5 heteroatoms. The average molecular weight is 243 g/mol. The molecule has 1 aliphatic rings. The van der Waals surface area contributed by atoms with Crippen LogP contribution >= 0.6 is 23.2 Å². The van der Waals surface area contributed by atoms with Crippen LogP contribution in [0.25, 0.3) is 0 Å². The molecule has 1 heterocycles. The topological polar surface area (TPSA) is 32.7 Å². The van der Waals surface area contributed by atoms with Crippen LogP contribution in [0.4, 0.5) is 5.69 Å². The van der Waals surface area contributed by atoms with Gasteiger partial charge in [0.15, 0.2) is 0 Å². The molecular weight excluding hydrogens is 235 g/mol. The van der Waals surface area contributed by atoms with Gasteiger partial charge in [0, 0.05) is 5.71 Å². The number of halogens is 2. The van der Waals surface area contributed by atoms with E-state index in [-0.39, 0.29) is 5.91 Å². The monoisotopic (exact) mass is 242 g/mol. The third kappa shape index (κ3) is 1.98. The molecule has 0 atom stereocenters. The summed E-state index contributed by atoms with van der Waals surface area (Å²) < 4.78 is 0. The molecular formula is C10H8Cl2N2O. The summed E-state index contributed by atoms with van der Waals surface area (Å²) in [5.41, 5.74) is 1.44. The molecule has 0 N–H and O–H groups in total. The first kappa shape index (κ1) is 10.5. The zero-order chi connectivity index (χ0) is 11.0. The standard InChI is InChI=1S/C10H8Cl2N2O/c1-6-4-10(15)14(13-6)7-2-3-8(11)9(12)5-7/h2-3,5H,4H2,1H3. The van der Waals surface area contributed by atoms with Crippen molar-refractivity contribution < 1.29 is 4.79 Å². The van der Waals surface area contributed by atoms with Crippen LogP contribution in [0.5, 0.6) is 0 Å². The van der Waals surface area contributed by atoms with Crippen molar-refractivity contribution in [3.8, 4) is 0 Å². The van der Waals surface area contributed by atoms with E-state index in [1.165, 1.54) is 5.01 Å². The van der Waals surface area contributed by atoms with Gasteiger partial charge in [-0.05, 0) is 25.1 Å². The molecule has 2 rings (SSSR count). The Labute approximate surface area is 97.3 Å². The highest BCUT2D eigenvalue weighted by molar-refractivity contribution is 6.42. The predicted molar refractivity (Wildman–Crippen MR) is 61.7 cm³/mol. The maximum Gasteiger partial charge on any atom is 0.253 e. The Balaban J connectivity index is 2.38. The number of nitrogens with zero attached hydrogens (tertiary/aromatic N) is 2. The fraction of sp³-hybridized carbons (Fsp3) is 0.200. The minimum absolute atomic E-state index is 0.0501. The second-order valence-electron chi connectivity index (χ2n) is 3.32. The molecule has 1 aromatic rings. The number of benzene rings is 1. The summed E-state index contributed by atoms with van der Waals surface area (Å²) >= 11 is 11.6. The third-order valence-electron chi connectivity index (χ3n) is 2.06. The number of amides is 1. The van der Waals surface area contributed by atoms with Gasteiger partial charge in [-0.3, -0.25) is 4.79 Å². The van der Waals surface area contributed by atoms with Gasteiger partial charge in [0.2, 0.25) is 0 Å². The first-order valence-corrected chi connectivity index (χ1v) is 5.15. The van der Waals surface area contributed by atoms with Gasteiger partial charge in [-0.1, -0.05) is 23.2 Å². The molecule has 0 unspecified atom stereocenters. The van der Waals surface area contributed by atoms with Crippen LogP contribution in [-0.2, 0) is 4.79 Å². The molecule has 0 radical (unpaired) electrons. The Hall–Kier alpha value is -1.06. The van der Waals surface area contributed by atoms with Gasteiger partial charge in [0.05, 0.1) is 22.2 Å². The third-order valence-corrected chi connectivity index (χ3v) is 2.80. The Morgan fingerprint density at radius 1 is 1.33 bits per heavy atom. The first-order chi connectivity index (χ1) is 7.08. The highest BCUT2D eigenvalue weighted by atomic mass is 35.5. The van der Waals surface area contributed by atoms with E-state index in [9.17, 15) is 4.79 Å². The van der Waals surface area contributed by atoms with E-state index in [4.69, 9.17) is 23.2 Å². The van der Waals surface area contributed by atoms with Gasteiger partial charge in [-0.25, -0.2) is 5.01 Å². The maximum absolute atomic E-state index is 11.5. The van der Waals surface area contributed by atoms with Gasteiger partial charge in [-0.15, -0.1) is 0 Å². The summed E-state index contributed by atoms with van der Waals surface area (Å²) in [6.07, 6.45) is 0.361. The normalized spacial score (nSPS) is 15.8. The molecule has 1 aromatic carbocycles. The molecule has 1 aliphatic heterocycles. The number of anilines is 1. The molecule has 78 valence electrons. The van der Waals surface area contributed by atoms with Gasteiger partial charge >= 0.3 is 0 Å². The van der Waals surface area contributed by atoms with Crippen molar-refractivity contribution >= 4 is 40.5 Å². The molecule has 0 bridgehead atoms. The minimum atomic E-state index is -0.0501. The van der Waals surface area contributed by atoms with E-state index < -0.39 is 0 Å². The maximum atomic E-state index is 11.5. The number of hydrogen-bond donors (Lipinski definition) is 0. The number of carbonyl (C=O) groups excluding carboxylic acids is 1. The number of hydrogen-bond acceptors (Lipinski definition) is 2. The van der Waals surface area contributed by atoms with Crippen molar-refractivity contribution in [3.05, 3.63) is 28.2 Å².